The minimum Gasteiger partial charge on any atom is -0.496 e. The third-order valence-corrected chi connectivity index (χ3v) is 4.31. The summed E-state index contributed by atoms with van der Waals surface area (Å²) in [4.78, 5) is 25.9. The molecule has 1 atom stereocenters. The first-order valence-corrected chi connectivity index (χ1v) is 9.07. The Morgan fingerprint density at radius 1 is 0.833 bits per heavy atom. The third kappa shape index (κ3) is 4.75. The van der Waals surface area contributed by atoms with E-state index >= 15 is 0 Å². The van der Waals surface area contributed by atoms with E-state index in [0.717, 1.165) is 0 Å². The zero-order valence-corrected chi connectivity index (χ0v) is 16.4. The van der Waals surface area contributed by atoms with Crippen LogP contribution in [0.3, 0.4) is 0 Å². The van der Waals surface area contributed by atoms with Crippen LogP contribution >= 0.6 is 0 Å². The van der Waals surface area contributed by atoms with Gasteiger partial charge >= 0.3 is 5.97 Å². The average molecular weight is 409 g/mol. The van der Waals surface area contributed by atoms with Crippen molar-refractivity contribution in [1.29, 1.82) is 0 Å². The van der Waals surface area contributed by atoms with Crippen molar-refractivity contribution in [2.45, 2.75) is 6.10 Å². The smallest absolute Gasteiger partial charge is 0.346 e. The van der Waals surface area contributed by atoms with E-state index in [1.807, 2.05) is 0 Å². The normalized spacial score (nSPS) is 11.3. The van der Waals surface area contributed by atoms with E-state index in [2.05, 4.69) is 5.32 Å². The maximum atomic E-state index is 13.1. The van der Waals surface area contributed by atoms with Crippen molar-refractivity contribution >= 4 is 17.6 Å². The van der Waals surface area contributed by atoms with Crippen LogP contribution in [0.25, 0.3) is 0 Å². The van der Waals surface area contributed by atoms with Crippen LogP contribution in [0.2, 0.25) is 0 Å². The average Bonchev–Trinajstić information content (AvgIpc) is 2.78. The number of carbonyl (C=O) groups excluding carboxylic acids is 2. The van der Waals surface area contributed by atoms with Gasteiger partial charge in [-0.1, -0.05) is 36.4 Å². The number of nitrogens with one attached hydrogen (secondary N) is 1. The molecule has 154 valence electrons. The summed E-state index contributed by atoms with van der Waals surface area (Å²) in [5.74, 6) is -1.29. The van der Waals surface area contributed by atoms with Crippen molar-refractivity contribution in [2.75, 3.05) is 19.5 Å². The molecule has 3 aromatic rings. The monoisotopic (exact) mass is 409 g/mol. The summed E-state index contributed by atoms with van der Waals surface area (Å²) < 4.78 is 29.2. The summed E-state index contributed by atoms with van der Waals surface area (Å²) in [5, 5.41) is 2.64. The molecule has 0 aliphatic carbocycles. The zero-order valence-electron chi connectivity index (χ0n) is 16.4. The predicted octanol–water partition coefficient (Wildman–Crippen LogP) is 4.38. The highest BCUT2D eigenvalue weighted by atomic mass is 19.1. The van der Waals surface area contributed by atoms with Gasteiger partial charge in [0.25, 0.3) is 5.91 Å². The lowest BCUT2D eigenvalue weighted by molar-refractivity contribution is -0.125. The molecule has 0 heterocycles. The molecule has 0 spiro atoms. The Morgan fingerprint density at radius 2 is 1.43 bits per heavy atom. The number of amides is 1. The number of ether oxygens (including phenoxy) is 3. The van der Waals surface area contributed by atoms with Crippen LogP contribution in [0, 0.1) is 5.82 Å². The van der Waals surface area contributed by atoms with Gasteiger partial charge in [-0.25, -0.2) is 9.18 Å². The fourth-order valence-electron chi connectivity index (χ4n) is 2.86. The molecule has 0 radical (unpaired) electrons. The first kappa shape index (κ1) is 20.9. The molecule has 3 aromatic carbocycles. The van der Waals surface area contributed by atoms with Gasteiger partial charge in [-0.05, 0) is 36.4 Å². The number of hydrogen-bond donors (Lipinski definition) is 1. The van der Waals surface area contributed by atoms with E-state index in [-0.39, 0.29) is 17.1 Å². The molecule has 0 bridgehead atoms. The fraction of sp³-hybridized carbons (Fsp3) is 0.130. The molecule has 0 unspecified atom stereocenters. The second kappa shape index (κ2) is 9.56. The summed E-state index contributed by atoms with van der Waals surface area (Å²) in [7, 11) is 2.84. The highest BCUT2D eigenvalue weighted by Crippen LogP contribution is 2.31. The minimum absolute atomic E-state index is 0.0676. The molecule has 30 heavy (non-hydrogen) atoms. The van der Waals surface area contributed by atoms with Gasteiger partial charge in [0, 0.05) is 11.3 Å². The van der Waals surface area contributed by atoms with Gasteiger partial charge in [-0.15, -0.1) is 0 Å². The Kier molecular flexibility index (Phi) is 6.64. The van der Waals surface area contributed by atoms with Crippen LogP contribution < -0.4 is 14.8 Å². The highest BCUT2D eigenvalue weighted by Gasteiger charge is 2.29. The summed E-state index contributed by atoms with van der Waals surface area (Å²) in [6.45, 7) is 0. The van der Waals surface area contributed by atoms with Gasteiger partial charge in [0.05, 0.1) is 14.2 Å². The summed E-state index contributed by atoms with van der Waals surface area (Å²) in [6.07, 6.45) is -1.25. The van der Waals surface area contributed by atoms with E-state index in [9.17, 15) is 14.0 Å². The van der Waals surface area contributed by atoms with Gasteiger partial charge in [0.2, 0.25) is 6.10 Å². The van der Waals surface area contributed by atoms with Crippen LogP contribution in [-0.2, 0) is 9.53 Å². The standard InChI is InChI=1S/C23H20FNO5/c1-28-18-9-6-10-19(29-2)20(18)23(27)30-21(15-7-4-3-5-8-15)22(26)25-17-13-11-16(24)12-14-17/h3-14,21H,1-2H3,(H,25,26)/t21-/m1/s1. The van der Waals surface area contributed by atoms with Gasteiger partial charge in [-0.2, -0.15) is 0 Å². The number of hydrogen-bond acceptors (Lipinski definition) is 5. The molecule has 6 nitrogen and oxygen atoms in total. The molecule has 0 fully saturated rings. The maximum Gasteiger partial charge on any atom is 0.346 e. The van der Waals surface area contributed by atoms with Crippen molar-refractivity contribution in [2.24, 2.45) is 0 Å². The van der Waals surface area contributed by atoms with Crippen LogP contribution in [0.4, 0.5) is 10.1 Å². The van der Waals surface area contributed by atoms with E-state index in [0.29, 0.717) is 11.3 Å². The molecule has 7 heteroatoms. The Balaban J connectivity index is 1.91. The molecule has 0 aliphatic heterocycles. The number of carbonyl (C=O) groups is 2. The van der Waals surface area contributed by atoms with Gasteiger partial charge in [0.1, 0.15) is 22.9 Å². The molecule has 0 saturated carbocycles. The predicted molar refractivity (Wildman–Crippen MR) is 109 cm³/mol. The van der Waals surface area contributed by atoms with Crippen molar-refractivity contribution in [3.05, 3.63) is 89.7 Å². The van der Waals surface area contributed by atoms with Crippen LogP contribution in [-0.4, -0.2) is 26.1 Å². The highest BCUT2D eigenvalue weighted by molar-refractivity contribution is 6.00. The Hall–Kier alpha value is -3.87. The first-order valence-electron chi connectivity index (χ1n) is 9.07. The summed E-state index contributed by atoms with van der Waals surface area (Å²) >= 11 is 0. The van der Waals surface area contributed by atoms with Crippen molar-refractivity contribution < 1.29 is 28.2 Å². The molecule has 0 saturated heterocycles. The van der Waals surface area contributed by atoms with Gasteiger partial charge in [-0.3, -0.25) is 4.79 Å². The molecule has 1 amide bonds. The lowest BCUT2D eigenvalue weighted by Crippen LogP contribution is -2.26. The van der Waals surface area contributed by atoms with Crippen LogP contribution in [0.15, 0.2) is 72.8 Å². The molecule has 1 N–H and O–H groups in total. The number of esters is 1. The summed E-state index contributed by atoms with van der Waals surface area (Å²) in [6, 6.07) is 18.7. The Labute approximate surface area is 173 Å². The van der Waals surface area contributed by atoms with E-state index < -0.39 is 23.8 Å². The fourth-order valence-corrected chi connectivity index (χ4v) is 2.86. The van der Waals surface area contributed by atoms with Crippen LogP contribution in [0.1, 0.15) is 22.0 Å². The quantitative estimate of drug-likeness (QED) is 0.586. The molecule has 3 rings (SSSR count). The number of methoxy groups -OCH3 is 2. The Morgan fingerprint density at radius 3 is 2.00 bits per heavy atom. The van der Waals surface area contributed by atoms with E-state index in [1.54, 1.807) is 48.5 Å². The van der Waals surface area contributed by atoms with Gasteiger partial charge in [0.15, 0.2) is 0 Å². The minimum atomic E-state index is -1.25. The second-order valence-electron chi connectivity index (χ2n) is 6.23. The first-order chi connectivity index (χ1) is 14.5. The Bertz CT molecular complexity index is 999. The SMILES string of the molecule is COc1cccc(OC)c1C(=O)O[C@@H](C(=O)Nc1ccc(F)cc1)c1ccccc1. The second-order valence-corrected chi connectivity index (χ2v) is 6.23. The number of anilines is 1. The van der Waals surface area contributed by atoms with Crippen LogP contribution in [0.5, 0.6) is 11.5 Å². The molecule has 0 aliphatic rings. The number of rotatable bonds is 7. The number of halogens is 1. The molecular weight excluding hydrogens is 389 g/mol. The lowest BCUT2D eigenvalue weighted by Gasteiger charge is -2.19. The lowest BCUT2D eigenvalue weighted by atomic mass is 10.1. The van der Waals surface area contributed by atoms with E-state index in [1.165, 1.54) is 38.5 Å². The van der Waals surface area contributed by atoms with Crippen molar-refractivity contribution in [3.8, 4) is 11.5 Å². The summed E-state index contributed by atoms with van der Waals surface area (Å²) in [5.41, 5.74) is 0.908. The van der Waals surface area contributed by atoms with Gasteiger partial charge < -0.3 is 19.5 Å². The largest absolute Gasteiger partial charge is 0.496 e. The molecular formula is C23H20FNO5. The van der Waals surface area contributed by atoms with Crippen molar-refractivity contribution in [3.63, 3.8) is 0 Å². The van der Waals surface area contributed by atoms with E-state index in [4.69, 9.17) is 14.2 Å². The third-order valence-electron chi connectivity index (χ3n) is 4.31. The number of benzene rings is 3. The topological polar surface area (TPSA) is 73.9 Å². The molecule has 0 aromatic heterocycles. The maximum absolute atomic E-state index is 13.1. The zero-order chi connectivity index (χ0) is 21.5. The van der Waals surface area contributed by atoms with Crippen molar-refractivity contribution in [1.82, 2.24) is 0 Å².